The Balaban J connectivity index is 1.53. The Bertz CT molecular complexity index is 1350. The molecule has 1 amide bonds. The topological polar surface area (TPSA) is 115 Å². The van der Waals surface area contributed by atoms with Crippen LogP contribution in [0.5, 0.6) is 0 Å². The van der Waals surface area contributed by atoms with E-state index < -0.39 is 17.2 Å². The summed E-state index contributed by atoms with van der Waals surface area (Å²) < 4.78 is 3.28. The summed E-state index contributed by atoms with van der Waals surface area (Å²) in [5.41, 5.74) is 0.854. The Morgan fingerprint density at radius 3 is 2.79 bits per heavy atom. The summed E-state index contributed by atoms with van der Waals surface area (Å²) >= 11 is 0. The number of carbonyl (C=O) groups excluding carboxylic acids is 1. The molecule has 4 aromatic rings. The maximum absolute atomic E-state index is 12.8. The van der Waals surface area contributed by atoms with Crippen molar-refractivity contribution >= 4 is 22.6 Å². The number of para-hydroxylation sites is 2. The number of fused-ring (bicyclic) bond motifs is 1. The van der Waals surface area contributed by atoms with Crippen LogP contribution in [0.3, 0.4) is 0 Å². The van der Waals surface area contributed by atoms with Crippen LogP contribution in [-0.4, -0.2) is 30.0 Å². The van der Waals surface area contributed by atoms with Crippen LogP contribution in [0.4, 0.5) is 5.69 Å². The van der Waals surface area contributed by atoms with Crippen LogP contribution in [-0.2, 0) is 0 Å². The van der Waals surface area contributed by atoms with Crippen molar-refractivity contribution in [2.45, 2.75) is 18.9 Å². The summed E-state index contributed by atoms with van der Waals surface area (Å²) in [6, 6.07) is 8.83. The molecule has 0 saturated heterocycles. The second kappa shape index (κ2) is 6.55. The van der Waals surface area contributed by atoms with Gasteiger partial charge in [-0.2, -0.15) is 0 Å². The van der Waals surface area contributed by atoms with Crippen molar-refractivity contribution in [3.63, 3.8) is 0 Å². The molecule has 29 heavy (non-hydrogen) atoms. The summed E-state index contributed by atoms with van der Waals surface area (Å²) in [5.74, 6) is -0.407. The highest BCUT2D eigenvalue weighted by atomic mass is 16.2. The molecule has 5 rings (SSSR count). The molecule has 9 heteroatoms. The molecule has 0 aliphatic heterocycles. The molecule has 3 aromatic heterocycles. The number of amides is 1. The molecule has 1 aliphatic rings. The molecule has 1 saturated carbocycles. The number of aromatic amines is 1. The van der Waals surface area contributed by atoms with Crippen LogP contribution in [0.15, 0.2) is 64.8 Å². The average molecular weight is 388 g/mol. The highest BCUT2D eigenvalue weighted by Crippen LogP contribution is 2.34. The van der Waals surface area contributed by atoms with Gasteiger partial charge in [-0.25, -0.2) is 14.8 Å². The van der Waals surface area contributed by atoms with Gasteiger partial charge in [0, 0.05) is 24.6 Å². The van der Waals surface area contributed by atoms with Gasteiger partial charge in [0.2, 0.25) is 0 Å². The van der Waals surface area contributed by atoms with Crippen LogP contribution < -0.4 is 16.6 Å². The molecule has 9 nitrogen and oxygen atoms in total. The minimum absolute atomic E-state index is 0.0519. The monoisotopic (exact) mass is 388 g/mol. The Kier molecular flexibility index (Phi) is 3.87. The van der Waals surface area contributed by atoms with Crippen molar-refractivity contribution in [3.8, 4) is 5.69 Å². The second-order valence-electron chi connectivity index (χ2n) is 6.90. The van der Waals surface area contributed by atoms with Crippen molar-refractivity contribution in [2.75, 3.05) is 5.32 Å². The first-order valence-corrected chi connectivity index (χ1v) is 9.15. The van der Waals surface area contributed by atoms with Crippen LogP contribution in [0.1, 0.15) is 29.2 Å². The third-order valence-electron chi connectivity index (χ3n) is 4.89. The van der Waals surface area contributed by atoms with Crippen LogP contribution in [0.2, 0.25) is 0 Å². The van der Waals surface area contributed by atoms with E-state index in [2.05, 4.69) is 20.3 Å². The smallest absolute Gasteiger partial charge is 0.320 e. The van der Waals surface area contributed by atoms with E-state index >= 15 is 0 Å². The number of hydrogen-bond donors (Lipinski definition) is 2. The van der Waals surface area contributed by atoms with Gasteiger partial charge >= 0.3 is 5.69 Å². The Morgan fingerprint density at radius 2 is 2.03 bits per heavy atom. The van der Waals surface area contributed by atoms with Crippen LogP contribution >= 0.6 is 0 Å². The zero-order valence-electron chi connectivity index (χ0n) is 15.2. The van der Waals surface area contributed by atoms with Gasteiger partial charge < -0.3 is 9.88 Å². The Morgan fingerprint density at radius 1 is 1.21 bits per heavy atom. The summed E-state index contributed by atoms with van der Waals surface area (Å²) in [5, 5.41) is 3.07. The number of nitrogens with zero attached hydrogens (tertiary/aromatic N) is 4. The standard InChI is InChI=1S/C20H16N6O3/c27-18(23-15-3-1-2-4-16(15)25-8-7-21-11-25)12-9-14-17(22-10-12)26(13-5-6-13)20(29)24-19(14)28/h1-4,7-11,13H,5-6H2,(H,23,27)(H,24,28,29). The highest BCUT2D eigenvalue weighted by Gasteiger charge is 2.27. The first-order valence-electron chi connectivity index (χ1n) is 9.15. The lowest BCUT2D eigenvalue weighted by molar-refractivity contribution is 0.102. The number of nitrogens with one attached hydrogen (secondary N) is 2. The molecule has 1 aliphatic carbocycles. The Hall–Kier alpha value is -4.01. The zero-order valence-corrected chi connectivity index (χ0v) is 15.2. The minimum atomic E-state index is -0.553. The number of rotatable bonds is 4. The lowest BCUT2D eigenvalue weighted by atomic mass is 10.2. The Labute approximate surface area is 163 Å². The van der Waals surface area contributed by atoms with Crippen molar-refractivity contribution < 1.29 is 4.79 Å². The molecule has 0 unspecified atom stereocenters. The first-order chi connectivity index (χ1) is 14.1. The summed E-state index contributed by atoms with van der Waals surface area (Å²) in [4.78, 5) is 47.9. The largest absolute Gasteiger partial charge is 0.330 e. The predicted octanol–water partition coefficient (Wildman–Crippen LogP) is 1.86. The number of hydrogen-bond acceptors (Lipinski definition) is 5. The molecular formula is C20H16N6O3. The number of benzene rings is 1. The van der Waals surface area contributed by atoms with Gasteiger partial charge in [0.05, 0.1) is 28.7 Å². The molecular weight excluding hydrogens is 372 g/mol. The van der Waals surface area contributed by atoms with Gasteiger partial charge in [-0.1, -0.05) is 12.1 Å². The fraction of sp³-hybridized carbons (Fsp3) is 0.150. The maximum Gasteiger partial charge on any atom is 0.330 e. The SMILES string of the molecule is O=C(Nc1ccccc1-n1ccnc1)c1cnc2c(c1)c(=O)[nH]c(=O)n2C1CC1. The van der Waals surface area contributed by atoms with Crippen molar-refractivity contribution in [3.05, 3.63) is 81.7 Å². The van der Waals surface area contributed by atoms with Gasteiger partial charge in [-0.05, 0) is 31.0 Å². The van der Waals surface area contributed by atoms with E-state index in [4.69, 9.17) is 0 Å². The van der Waals surface area contributed by atoms with E-state index in [9.17, 15) is 14.4 Å². The number of anilines is 1. The van der Waals surface area contributed by atoms with Gasteiger partial charge in [0.25, 0.3) is 11.5 Å². The van der Waals surface area contributed by atoms with E-state index in [1.807, 2.05) is 18.2 Å². The first kappa shape index (κ1) is 17.1. The molecule has 3 heterocycles. The van der Waals surface area contributed by atoms with Crippen molar-refractivity contribution in [1.82, 2.24) is 24.1 Å². The molecule has 0 radical (unpaired) electrons. The van der Waals surface area contributed by atoms with Crippen LogP contribution in [0, 0.1) is 0 Å². The van der Waals surface area contributed by atoms with E-state index in [1.165, 1.54) is 16.8 Å². The number of aromatic nitrogens is 5. The van der Waals surface area contributed by atoms with Crippen molar-refractivity contribution in [1.29, 1.82) is 0 Å². The molecule has 1 fully saturated rings. The summed E-state index contributed by atoms with van der Waals surface area (Å²) in [6.07, 6.45) is 8.19. The third kappa shape index (κ3) is 3.02. The maximum atomic E-state index is 12.8. The molecule has 2 N–H and O–H groups in total. The number of pyridine rings is 1. The quantitative estimate of drug-likeness (QED) is 0.554. The zero-order chi connectivity index (χ0) is 20.0. The second-order valence-corrected chi connectivity index (χ2v) is 6.90. The molecule has 144 valence electrons. The number of H-pyrrole nitrogens is 1. The van der Waals surface area contributed by atoms with E-state index in [0.717, 1.165) is 18.5 Å². The normalized spacial score (nSPS) is 13.5. The molecule has 0 spiro atoms. The summed E-state index contributed by atoms with van der Waals surface area (Å²) in [6.45, 7) is 0. The van der Waals surface area contributed by atoms with Crippen molar-refractivity contribution in [2.24, 2.45) is 0 Å². The van der Waals surface area contributed by atoms with E-state index in [-0.39, 0.29) is 17.0 Å². The van der Waals surface area contributed by atoms with E-state index in [1.54, 1.807) is 29.4 Å². The fourth-order valence-electron chi connectivity index (χ4n) is 3.33. The minimum Gasteiger partial charge on any atom is -0.320 e. The van der Waals surface area contributed by atoms with Crippen LogP contribution in [0.25, 0.3) is 16.7 Å². The highest BCUT2D eigenvalue weighted by molar-refractivity contribution is 6.06. The average Bonchev–Trinajstić information content (AvgIpc) is 3.40. The van der Waals surface area contributed by atoms with Gasteiger partial charge in [-0.15, -0.1) is 0 Å². The molecule has 0 bridgehead atoms. The number of imidazole rings is 1. The van der Waals surface area contributed by atoms with Gasteiger partial charge in [0.1, 0.15) is 5.65 Å². The lowest BCUT2D eigenvalue weighted by Gasteiger charge is -2.12. The lowest BCUT2D eigenvalue weighted by Crippen LogP contribution is -2.30. The molecule has 1 aromatic carbocycles. The third-order valence-corrected chi connectivity index (χ3v) is 4.89. The fourth-order valence-corrected chi connectivity index (χ4v) is 3.33. The van der Waals surface area contributed by atoms with Gasteiger partial charge in [0.15, 0.2) is 0 Å². The summed E-state index contributed by atoms with van der Waals surface area (Å²) in [7, 11) is 0. The van der Waals surface area contributed by atoms with Gasteiger partial charge in [-0.3, -0.25) is 19.1 Å². The number of carbonyl (C=O) groups is 1. The molecule has 0 atom stereocenters. The predicted molar refractivity (Wildman–Crippen MR) is 106 cm³/mol. The van der Waals surface area contributed by atoms with E-state index in [0.29, 0.717) is 11.3 Å².